The predicted octanol–water partition coefficient (Wildman–Crippen LogP) is 4.23. The number of ketones is 1. The Kier molecular flexibility index (Phi) is 8.19. The second-order valence-electron chi connectivity index (χ2n) is 7.80. The average Bonchev–Trinajstić information content (AvgIpc) is 2.75. The lowest BCUT2D eigenvalue weighted by atomic mass is 9.84. The molecule has 9 heteroatoms. The first-order valence-corrected chi connectivity index (χ1v) is 10.0. The number of rotatable bonds is 6. The Labute approximate surface area is 185 Å². The van der Waals surface area contributed by atoms with Crippen molar-refractivity contribution in [1.82, 2.24) is 10.3 Å². The smallest absolute Gasteiger partial charge is 0.370 e. The van der Waals surface area contributed by atoms with E-state index in [1.807, 2.05) is 0 Å². The van der Waals surface area contributed by atoms with Crippen molar-refractivity contribution in [3.05, 3.63) is 36.0 Å². The molecule has 6 nitrogen and oxygen atoms in total. The van der Waals surface area contributed by atoms with Crippen LogP contribution in [-0.2, 0) is 9.59 Å². The van der Waals surface area contributed by atoms with Crippen LogP contribution in [0.1, 0.15) is 38.7 Å². The maximum absolute atomic E-state index is 13.7. The molecule has 0 spiro atoms. The molecule has 0 saturated carbocycles. The van der Waals surface area contributed by atoms with Gasteiger partial charge in [-0.1, -0.05) is 7.43 Å². The fourth-order valence-electron chi connectivity index (χ4n) is 4.11. The number of benzene rings is 1. The number of carbonyl (C=O) groups excluding carboxylic acids is 2. The van der Waals surface area contributed by atoms with Gasteiger partial charge in [-0.15, -0.1) is 0 Å². The topological polar surface area (TPSA) is 86.1 Å². The number of Topliss-reactive ketones (excluding diaryl/α,β-unsaturated/α-hetero) is 1. The number of aromatic nitrogens is 1. The van der Waals surface area contributed by atoms with Crippen molar-refractivity contribution in [3.63, 3.8) is 0 Å². The molecule has 1 N–H and O–H groups in total. The number of carbonyl (C=O) groups is 2. The second kappa shape index (κ2) is 10.4. The van der Waals surface area contributed by atoms with E-state index in [0.29, 0.717) is 22.2 Å². The molecule has 0 bridgehead atoms. The van der Waals surface area contributed by atoms with E-state index in [-0.39, 0.29) is 57.9 Å². The van der Waals surface area contributed by atoms with E-state index in [4.69, 9.17) is 0 Å². The highest BCUT2D eigenvalue weighted by Gasteiger charge is 2.45. The van der Waals surface area contributed by atoms with Crippen molar-refractivity contribution in [2.75, 3.05) is 25.0 Å². The zero-order chi connectivity index (χ0) is 22.6. The number of pyridine rings is 1. The normalized spacial score (nSPS) is 18.5. The molecule has 1 amide bonds. The van der Waals surface area contributed by atoms with Gasteiger partial charge in [0.15, 0.2) is 0 Å². The van der Waals surface area contributed by atoms with Gasteiger partial charge in [0.2, 0.25) is 5.91 Å². The summed E-state index contributed by atoms with van der Waals surface area (Å²) in [7, 11) is 1.47. The second-order valence-corrected chi connectivity index (χ2v) is 7.80. The van der Waals surface area contributed by atoms with Crippen molar-refractivity contribution in [2.45, 2.75) is 39.3 Å². The fourth-order valence-corrected chi connectivity index (χ4v) is 4.11. The van der Waals surface area contributed by atoms with Gasteiger partial charge in [-0.05, 0) is 36.6 Å². The molecule has 2 atom stereocenters. The van der Waals surface area contributed by atoms with Gasteiger partial charge in [-0.2, -0.15) is 18.4 Å². The summed E-state index contributed by atoms with van der Waals surface area (Å²) >= 11 is 0. The van der Waals surface area contributed by atoms with Gasteiger partial charge < -0.3 is 10.2 Å². The van der Waals surface area contributed by atoms with Crippen LogP contribution >= 0.6 is 0 Å². The molecule has 172 valence electrons. The third-order valence-electron chi connectivity index (χ3n) is 5.63. The lowest BCUT2D eigenvalue weighted by Crippen LogP contribution is -2.46. The predicted molar refractivity (Wildman–Crippen MR) is 116 cm³/mol. The van der Waals surface area contributed by atoms with Crippen LogP contribution < -0.4 is 10.2 Å². The quantitative estimate of drug-likeness (QED) is 0.715. The summed E-state index contributed by atoms with van der Waals surface area (Å²) in [6.45, 7) is 0.0660. The van der Waals surface area contributed by atoms with E-state index >= 15 is 0 Å². The number of halogens is 3. The Morgan fingerprint density at radius 2 is 2.00 bits per heavy atom. The number of piperidine rings is 1. The number of nitriles is 1. The Bertz CT molecular complexity index is 1020. The van der Waals surface area contributed by atoms with Crippen molar-refractivity contribution >= 4 is 28.3 Å². The minimum absolute atomic E-state index is 0. The highest BCUT2D eigenvalue weighted by atomic mass is 19.4. The number of anilines is 1. The van der Waals surface area contributed by atoms with Gasteiger partial charge in [0, 0.05) is 56.7 Å². The molecule has 3 rings (SSSR count). The lowest BCUT2D eigenvalue weighted by molar-refractivity contribution is -0.179. The summed E-state index contributed by atoms with van der Waals surface area (Å²) in [5.41, 5.74) is 1.36. The number of amides is 1. The minimum Gasteiger partial charge on any atom is -0.370 e. The first-order valence-electron chi connectivity index (χ1n) is 10.0. The third-order valence-corrected chi connectivity index (χ3v) is 5.63. The molecule has 1 saturated heterocycles. The number of nitrogens with zero attached hydrogens (tertiary/aromatic N) is 3. The maximum atomic E-state index is 13.7. The standard InChI is InChI=1S/C22H23F3N4O2.CH4/c1-27-20(31)7-5-17(30)10-14-9-16(22(23,24)25)13-29(12-14)19-6-4-15(11-26)21-18(19)3-2-8-28-21;/h2-4,6,8,14,16H,5,7,9-10,12-13H2,1H3,(H,27,31);1H4. The summed E-state index contributed by atoms with van der Waals surface area (Å²) in [5, 5.41) is 12.4. The monoisotopic (exact) mass is 448 g/mol. The number of nitrogens with one attached hydrogen (secondary N) is 1. The number of hydrogen-bond donors (Lipinski definition) is 1. The highest BCUT2D eigenvalue weighted by Crippen LogP contribution is 2.40. The molecule has 32 heavy (non-hydrogen) atoms. The van der Waals surface area contributed by atoms with Crippen LogP contribution in [0.4, 0.5) is 18.9 Å². The largest absolute Gasteiger partial charge is 0.393 e. The molecule has 1 aromatic carbocycles. The van der Waals surface area contributed by atoms with Crippen molar-refractivity contribution in [1.29, 1.82) is 5.26 Å². The van der Waals surface area contributed by atoms with Crippen molar-refractivity contribution < 1.29 is 22.8 Å². The Hall–Kier alpha value is -3.15. The van der Waals surface area contributed by atoms with Crippen molar-refractivity contribution in [3.8, 4) is 6.07 Å². The molecule has 1 aromatic heterocycles. The number of alkyl halides is 3. The van der Waals surface area contributed by atoms with Crippen LogP contribution in [0.2, 0.25) is 0 Å². The zero-order valence-electron chi connectivity index (χ0n) is 17.1. The molecule has 2 heterocycles. The molecule has 1 aliphatic heterocycles. The zero-order valence-corrected chi connectivity index (χ0v) is 17.1. The molecule has 2 aromatic rings. The molecule has 0 aliphatic carbocycles. The van der Waals surface area contributed by atoms with Gasteiger partial charge in [-0.25, -0.2) is 0 Å². The van der Waals surface area contributed by atoms with E-state index in [2.05, 4.69) is 16.4 Å². The summed E-state index contributed by atoms with van der Waals surface area (Å²) in [6.07, 6.45) is -2.94. The molecular weight excluding hydrogens is 421 g/mol. The summed E-state index contributed by atoms with van der Waals surface area (Å²) < 4.78 is 41.0. The first kappa shape index (κ1) is 25.1. The van der Waals surface area contributed by atoms with Crippen LogP contribution in [0, 0.1) is 23.2 Å². The highest BCUT2D eigenvalue weighted by molar-refractivity contribution is 5.95. The number of hydrogen-bond acceptors (Lipinski definition) is 5. The Balaban J connectivity index is 0.00000363. The van der Waals surface area contributed by atoms with Crippen LogP contribution in [0.5, 0.6) is 0 Å². The molecule has 1 fully saturated rings. The van der Waals surface area contributed by atoms with Gasteiger partial charge in [-0.3, -0.25) is 14.6 Å². The van der Waals surface area contributed by atoms with E-state index in [1.165, 1.54) is 13.2 Å². The third kappa shape index (κ3) is 5.75. The van der Waals surface area contributed by atoms with Gasteiger partial charge in [0.25, 0.3) is 0 Å². The molecule has 2 unspecified atom stereocenters. The fraction of sp³-hybridized carbons (Fsp3) is 0.478. The minimum atomic E-state index is -4.39. The Morgan fingerprint density at radius 3 is 2.66 bits per heavy atom. The molecule has 0 radical (unpaired) electrons. The van der Waals surface area contributed by atoms with Crippen LogP contribution in [0.25, 0.3) is 10.9 Å². The Morgan fingerprint density at radius 1 is 1.25 bits per heavy atom. The first-order chi connectivity index (χ1) is 14.7. The van der Waals surface area contributed by atoms with E-state index < -0.39 is 18.0 Å². The van der Waals surface area contributed by atoms with Gasteiger partial charge in [0.05, 0.1) is 17.0 Å². The van der Waals surface area contributed by atoms with Crippen LogP contribution in [0.15, 0.2) is 30.5 Å². The average molecular weight is 448 g/mol. The van der Waals surface area contributed by atoms with Gasteiger partial charge in [0.1, 0.15) is 11.9 Å². The SMILES string of the molecule is C.CNC(=O)CCC(=O)CC1CC(C(F)(F)F)CN(c2ccc(C#N)c3ncccc23)C1. The number of fused-ring (bicyclic) bond motifs is 1. The molecular formula is C23H27F3N4O2. The van der Waals surface area contributed by atoms with E-state index in [0.717, 1.165) is 0 Å². The van der Waals surface area contributed by atoms with E-state index in [1.54, 1.807) is 29.2 Å². The van der Waals surface area contributed by atoms with E-state index in [9.17, 15) is 28.0 Å². The lowest BCUT2D eigenvalue weighted by Gasteiger charge is -2.40. The van der Waals surface area contributed by atoms with Gasteiger partial charge >= 0.3 is 6.18 Å². The summed E-state index contributed by atoms with van der Waals surface area (Å²) in [6, 6.07) is 8.68. The van der Waals surface area contributed by atoms with Crippen LogP contribution in [-0.4, -0.2) is 43.0 Å². The van der Waals surface area contributed by atoms with Crippen molar-refractivity contribution in [2.24, 2.45) is 11.8 Å². The van der Waals surface area contributed by atoms with Crippen LogP contribution in [0.3, 0.4) is 0 Å². The maximum Gasteiger partial charge on any atom is 0.393 e. The summed E-state index contributed by atoms with van der Waals surface area (Å²) in [5.74, 6) is -2.55. The molecule has 1 aliphatic rings. The summed E-state index contributed by atoms with van der Waals surface area (Å²) in [4.78, 5) is 29.5.